The molecule has 1 aliphatic carbocycles. The number of fused-ring (bicyclic) bond motifs is 1. The van der Waals surface area contributed by atoms with E-state index in [0.29, 0.717) is 18.0 Å². The molecule has 6 heteroatoms. The first kappa shape index (κ1) is 16.0. The minimum atomic E-state index is -0.881. The lowest BCUT2D eigenvalue weighted by molar-refractivity contribution is -0.142. The van der Waals surface area contributed by atoms with Crippen molar-refractivity contribution >= 4 is 11.9 Å². The summed E-state index contributed by atoms with van der Waals surface area (Å²) in [6.45, 7) is 8.52. The van der Waals surface area contributed by atoms with E-state index in [-0.39, 0.29) is 17.4 Å². The fraction of sp³-hybridized carbons (Fsp3) is 0.706. The highest BCUT2D eigenvalue weighted by molar-refractivity contribution is 5.97. The number of likely N-dealkylation sites (tertiary alicyclic amines) is 1. The molecule has 2 heterocycles. The monoisotopic (exact) mass is 319 g/mol. The second kappa shape index (κ2) is 5.35. The van der Waals surface area contributed by atoms with E-state index in [1.54, 1.807) is 11.1 Å². The molecule has 0 bridgehead atoms. The third-order valence-corrected chi connectivity index (χ3v) is 5.28. The number of carboxylic acid groups (broad SMARTS) is 1. The summed E-state index contributed by atoms with van der Waals surface area (Å²) >= 11 is 0. The number of hydrogen-bond donors (Lipinski definition) is 1. The van der Waals surface area contributed by atoms with Crippen LogP contribution in [0, 0.1) is 18.8 Å². The quantitative estimate of drug-likeness (QED) is 0.907. The standard InChI is InChI=1S/C17H25N3O3/c1-10-13(8-18-20(10)17(2,3)4)15(21)19-9-11-6-5-7-12(11)14(19)16(22)23/h8,11-12,14H,5-7,9H2,1-4H3,(H,22,23). The molecule has 1 amide bonds. The molecule has 126 valence electrons. The normalized spacial score (nSPS) is 27.3. The highest BCUT2D eigenvalue weighted by Crippen LogP contribution is 2.42. The van der Waals surface area contributed by atoms with Crippen LogP contribution in [0.3, 0.4) is 0 Å². The number of amides is 1. The van der Waals surface area contributed by atoms with Crippen molar-refractivity contribution in [3.63, 3.8) is 0 Å². The van der Waals surface area contributed by atoms with E-state index in [1.165, 1.54) is 0 Å². The number of aromatic nitrogens is 2. The van der Waals surface area contributed by atoms with Crippen LogP contribution >= 0.6 is 0 Å². The van der Waals surface area contributed by atoms with Gasteiger partial charge in [0.15, 0.2) is 0 Å². The van der Waals surface area contributed by atoms with Crippen LogP contribution in [-0.2, 0) is 10.3 Å². The Bertz CT molecular complexity index is 644. The van der Waals surface area contributed by atoms with E-state index in [4.69, 9.17) is 0 Å². The number of nitrogens with zero attached hydrogens (tertiary/aromatic N) is 3. The Kier molecular flexibility index (Phi) is 3.73. The molecule has 1 aliphatic heterocycles. The van der Waals surface area contributed by atoms with Crippen LogP contribution in [0.4, 0.5) is 0 Å². The molecule has 2 aliphatic rings. The Hall–Kier alpha value is -1.85. The van der Waals surface area contributed by atoms with Crippen molar-refractivity contribution in [2.24, 2.45) is 11.8 Å². The molecule has 6 nitrogen and oxygen atoms in total. The van der Waals surface area contributed by atoms with Gasteiger partial charge in [-0.15, -0.1) is 0 Å². The number of aliphatic carboxylic acids is 1. The van der Waals surface area contributed by atoms with Crippen LogP contribution in [-0.4, -0.2) is 44.3 Å². The molecule has 1 aromatic heterocycles. The average Bonchev–Trinajstić information content (AvgIpc) is 3.08. The van der Waals surface area contributed by atoms with E-state index < -0.39 is 12.0 Å². The van der Waals surface area contributed by atoms with Gasteiger partial charge in [-0.25, -0.2) is 4.79 Å². The van der Waals surface area contributed by atoms with Gasteiger partial charge >= 0.3 is 5.97 Å². The molecule has 2 fully saturated rings. The Morgan fingerprint density at radius 2 is 2.00 bits per heavy atom. The zero-order chi connectivity index (χ0) is 16.9. The Labute approximate surface area is 136 Å². The first-order valence-electron chi connectivity index (χ1n) is 8.30. The van der Waals surface area contributed by atoms with Gasteiger partial charge in [-0.05, 0) is 52.4 Å². The Balaban J connectivity index is 1.91. The summed E-state index contributed by atoms with van der Waals surface area (Å²) in [6.07, 6.45) is 4.59. The largest absolute Gasteiger partial charge is 0.480 e. The summed E-state index contributed by atoms with van der Waals surface area (Å²) in [7, 11) is 0. The first-order valence-corrected chi connectivity index (χ1v) is 8.30. The molecular formula is C17H25N3O3. The summed E-state index contributed by atoms with van der Waals surface area (Å²) in [5, 5.41) is 14.0. The maximum atomic E-state index is 13.0. The molecule has 3 rings (SSSR count). The maximum absolute atomic E-state index is 13.0. The van der Waals surface area contributed by atoms with Crippen LogP contribution in [0.1, 0.15) is 56.1 Å². The van der Waals surface area contributed by atoms with Crippen molar-refractivity contribution in [2.45, 2.75) is 58.5 Å². The van der Waals surface area contributed by atoms with Gasteiger partial charge < -0.3 is 10.0 Å². The van der Waals surface area contributed by atoms with Crippen molar-refractivity contribution < 1.29 is 14.7 Å². The lowest BCUT2D eigenvalue weighted by Gasteiger charge is -2.25. The fourth-order valence-corrected chi connectivity index (χ4v) is 4.28. The minimum absolute atomic E-state index is 0.106. The number of carboxylic acids is 1. The summed E-state index contributed by atoms with van der Waals surface area (Å²) < 4.78 is 1.83. The predicted molar refractivity (Wildman–Crippen MR) is 85.3 cm³/mol. The van der Waals surface area contributed by atoms with Gasteiger partial charge in [0.25, 0.3) is 5.91 Å². The van der Waals surface area contributed by atoms with Crippen LogP contribution in [0.25, 0.3) is 0 Å². The molecule has 3 unspecified atom stereocenters. The molecule has 1 N–H and O–H groups in total. The fourth-order valence-electron chi connectivity index (χ4n) is 4.28. The highest BCUT2D eigenvalue weighted by atomic mass is 16.4. The zero-order valence-electron chi connectivity index (χ0n) is 14.2. The summed E-state index contributed by atoms with van der Waals surface area (Å²) in [4.78, 5) is 26.3. The average molecular weight is 319 g/mol. The molecule has 1 saturated carbocycles. The van der Waals surface area contributed by atoms with Crippen molar-refractivity contribution in [3.05, 3.63) is 17.5 Å². The molecule has 1 aromatic rings. The van der Waals surface area contributed by atoms with Crippen molar-refractivity contribution in [1.29, 1.82) is 0 Å². The Morgan fingerprint density at radius 3 is 2.57 bits per heavy atom. The van der Waals surface area contributed by atoms with Crippen LogP contribution in [0.15, 0.2) is 6.20 Å². The highest BCUT2D eigenvalue weighted by Gasteiger charge is 2.50. The van der Waals surface area contributed by atoms with Crippen LogP contribution < -0.4 is 0 Å². The summed E-state index contributed by atoms with van der Waals surface area (Å²) in [5.41, 5.74) is 1.10. The lowest BCUT2D eigenvalue weighted by Crippen LogP contribution is -2.43. The predicted octanol–water partition coefficient (Wildman–Crippen LogP) is 2.27. The van der Waals surface area contributed by atoms with E-state index in [1.807, 2.05) is 32.4 Å². The van der Waals surface area contributed by atoms with Crippen molar-refractivity contribution in [1.82, 2.24) is 14.7 Å². The van der Waals surface area contributed by atoms with Gasteiger partial charge in [0, 0.05) is 12.2 Å². The summed E-state index contributed by atoms with van der Waals surface area (Å²) in [6, 6.07) is -0.688. The SMILES string of the molecule is Cc1c(C(=O)N2CC3CCCC3C2C(=O)O)cnn1C(C)(C)C. The summed E-state index contributed by atoms with van der Waals surface area (Å²) in [5.74, 6) is -0.638. The van der Waals surface area contributed by atoms with Crippen LogP contribution in [0.2, 0.25) is 0 Å². The second-order valence-electron chi connectivity index (χ2n) is 7.82. The maximum Gasteiger partial charge on any atom is 0.326 e. The molecule has 23 heavy (non-hydrogen) atoms. The van der Waals surface area contributed by atoms with Gasteiger partial charge in [0.2, 0.25) is 0 Å². The van der Waals surface area contributed by atoms with Gasteiger partial charge in [0.1, 0.15) is 6.04 Å². The number of hydrogen-bond acceptors (Lipinski definition) is 3. The van der Waals surface area contributed by atoms with Crippen LogP contribution in [0.5, 0.6) is 0 Å². The van der Waals surface area contributed by atoms with E-state index >= 15 is 0 Å². The van der Waals surface area contributed by atoms with E-state index in [2.05, 4.69) is 5.10 Å². The molecule has 3 atom stereocenters. The van der Waals surface area contributed by atoms with Crippen molar-refractivity contribution in [3.8, 4) is 0 Å². The smallest absolute Gasteiger partial charge is 0.326 e. The lowest BCUT2D eigenvalue weighted by atomic mass is 9.94. The van der Waals surface area contributed by atoms with Gasteiger partial charge in [-0.2, -0.15) is 5.10 Å². The third-order valence-electron chi connectivity index (χ3n) is 5.28. The van der Waals surface area contributed by atoms with Gasteiger partial charge in [0.05, 0.1) is 17.3 Å². The van der Waals surface area contributed by atoms with Gasteiger partial charge in [-0.1, -0.05) is 6.42 Å². The Morgan fingerprint density at radius 1 is 1.30 bits per heavy atom. The van der Waals surface area contributed by atoms with E-state index in [9.17, 15) is 14.7 Å². The zero-order valence-corrected chi connectivity index (χ0v) is 14.2. The first-order chi connectivity index (χ1) is 10.7. The van der Waals surface area contributed by atoms with Crippen molar-refractivity contribution in [2.75, 3.05) is 6.54 Å². The number of rotatable bonds is 2. The topological polar surface area (TPSA) is 75.4 Å². The molecule has 0 radical (unpaired) electrons. The third kappa shape index (κ3) is 2.54. The van der Waals surface area contributed by atoms with Gasteiger partial charge in [-0.3, -0.25) is 9.48 Å². The molecule has 1 saturated heterocycles. The van der Waals surface area contributed by atoms with E-state index in [0.717, 1.165) is 25.0 Å². The molecular weight excluding hydrogens is 294 g/mol. The minimum Gasteiger partial charge on any atom is -0.480 e. The number of carbonyl (C=O) groups is 2. The molecule has 0 aromatic carbocycles. The second-order valence-corrected chi connectivity index (χ2v) is 7.82. The number of carbonyl (C=O) groups excluding carboxylic acids is 1. The molecule has 0 spiro atoms.